The molecule has 5 N–H and O–H groups in total. The van der Waals surface area contributed by atoms with Crippen LogP contribution in [0.15, 0.2) is 12.2 Å². The van der Waals surface area contributed by atoms with E-state index in [2.05, 4.69) is 21.3 Å². The normalized spacial score (nSPS) is 27.2. The molecule has 23 nitrogen and oxygen atoms in total. The van der Waals surface area contributed by atoms with Gasteiger partial charge in [-0.2, -0.15) is 0 Å². The molecule has 13 atom stereocenters. The first-order valence-electron chi connectivity index (χ1n) is 30.6. The summed E-state index contributed by atoms with van der Waals surface area (Å²) < 4.78 is 0. The van der Waals surface area contributed by atoms with Crippen molar-refractivity contribution in [2.45, 2.75) is 223 Å². The Morgan fingerprint density at radius 3 is 1.39 bits per heavy atom. The van der Waals surface area contributed by atoms with Crippen molar-refractivity contribution < 1.29 is 57.8 Å². The molecule has 1 aliphatic heterocycles. The second-order valence-corrected chi connectivity index (χ2v) is 25.8. The Kier molecular flexibility index (Phi) is 31.5. The van der Waals surface area contributed by atoms with Crippen LogP contribution in [-0.2, 0) is 52.7 Å². The van der Waals surface area contributed by atoms with Crippen LogP contribution in [0.1, 0.15) is 156 Å². The van der Waals surface area contributed by atoms with Crippen molar-refractivity contribution in [3.63, 3.8) is 0 Å². The lowest BCUT2D eigenvalue weighted by atomic mass is 9.91. The summed E-state index contributed by atoms with van der Waals surface area (Å²) in [6, 6.07) is -12.3. The Morgan fingerprint density at radius 1 is 0.482 bits per heavy atom. The van der Waals surface area contributed by atoms with Gasteiger partial charge in [-0.15, -0.1) is 0 Å². The minimum atomic E-state index is -1.61. The van der Waals surface area contributed by atoms with Gasteiger partial charge in [-0.25, -0.2) is 0 Å². The molecule has 0 aliphatic carbocycles. The Labute approximate surface area is 508 Å². The van der Waals surface area contributed by atoms with Gasteiger partial charge in [-0.1, -0.05) is 116 Å². The quantitative estimate of drug-likeness (QED) is 0.148. The molecule has 1 rings (SSSR count). The van der Waals surface area contributed by atoms with Crippen LogP contribution in [0.3, 0.4) is 0 Å². The molecule has 0 aromatic rings. The first kappa shape index (κ1) is 76.9. The summed E-state index contributed by atoms with van der Waals surface area (Å²) in [7, 11) is 9.92. The highest BCUT2D eigenvalue weighted by atomic mass is 16.3. The number of carbonyl (C=O) groups excluding carboxylic acids is 11. The summed E-state index contributed by atoms with van der Waals surface area (Å²) in [6.45, 7) is 29.2. The van der Waals surface area contributed by atoms with Crippen LogP contribution in [0.5, 0.6) is 0 Å². The Balaban J connectivity index is 4.33. The van der Waals surface area contributed by atoms with Crippen LogP contribution >= 0.6 is 0 Å². The first-order valence-corrected chi connectivity index (χ1v) is 30.6. The number of rotatable bonds is 15. The number of nitrogens with one attached hydrogen (secondary N) is 4. The summed E-state index contributed by atoms with van der Waals surface area (Å²) in [5.41, 5.74) is 0. The summed E-state index contributed by atoms with van der Waals surface area (Å²) in [6.07, 6.45) is 3.31. The highest BCUT2D eigenvalue weighted by Crippen LogP contribution is 2.26. The van der Waals surface area contributed by atoms with Crippen LogP contribution < -0.4 is 21.3 Å². The molecule has 23 heteroatoms. The second-order valence-electron chi connectivity index (χ2n) is 25.8. The first-order chi connectivity index (χ1) is 39.3. The minimum absolute atomic E-state index is 0.0224. The van der Waals surface area contributed by atoms with Crippen LogP contribution in [0.4, 0.5) is 0 Å². The van der Waals surface area contributed by atoms with Crippen LogP contribution in [0.25, 0.3) is 0 Å². The fourth-order valence-corrected chi connectivity index (χ4v) is 10.8. The standard InChI is InChI=1S/C62H111N11O12/c1-25-28-29-40(15)52(75)51-56(79)65-43(27-3)58(81)67(18)33-47(74)71(22)50(39(14)26-2)55(78)66-48(37(10)11)61(84)68(19)44(30-34(4)5)54(77)63-41(16)53(76)64-42(17)57(80)69(20)45(31-35(6)7)59(82)70(21)46(32-36(8)9)60(83)72(23)49(38(12)13)62(85)73(51)24/h25,28,34-46,48-52,75H,26-27,29-33H2,1-24H3,(H,63,77)(H,64,76)(H,65,79)(H,66,78)/b28-25+. The number of hydrogen-bond acceptors (Lipinski definition) is 12. The average molecular weight is 1200 g/mol. The van der Waals surface area contributed by atoms with Gasteiger partial charge in [0.1, 0.15) is 60.4 Å². The van der Waals surface area contributed by atoms with Crippen molar-refractivity contribution in [1.29, 1.82) is 0 Å². The highest BCUT2D eigenvalue weighted by Gasteiger charge is 2.46. The Morgan fingerprint density at radius 2 is 0.929 bits per heavy atom. The zero-order chi connectivity index (χ0) is 66.0. The van der Waals surface area contributed by atoms with E-state index in [4.69, 9.17) is 0 Å². The summed E-state index contributed by atoms with van der Waals surface area (Å²) >= 11 is 0. The maximum absolute atomic E-state index is 15.1. The molecule has 11 amide bonds. The van der Waals surface area contributed by atoms with Gasteiger partial charge in [-0.05, 0) is 94.3 Å². The van der Waals surface area contributed by atoms with Crippen molar-refractivity contribution in [2.75, 3.05) is 55.9 Å². The third-order valence-electron chi connectivity index (χ3n) is 16.5. The maximum Gasteiger partial charge on any atom is 0.246 e. The van der Waals surface area contributed by atoms with Gasteiger partial charge in [0.05, 0.1) is 12.6 Å². The van der Waals surface area contributed by atoms with Crippen molar-refractivity contribution in [2.24, 2.45) is 41.4 Å². The minimum Gasteiger partial charge on any atom is -0.390 e. The van der Waals surface area contributed by atoms with Gasteiger partial charge in [-0.3, -0.25) is 52.7 Å². The molecule has 1 aliphatic rings. The third-order valence-corrected chi connectivity index (χ3v) is 16.5. The molecule has 1 fully saturated rings. The van der Waals surface area contributed by atoms with Crippen LogP contribution in [0.2, 0.25) is 0 Å². The number of nitrogens with zero attached hydrogens (tertiary/aromatic N) is 7. The average Bonchev–Trinajstić information content (AvgIpc) is 3.49. The topological polar surface area (TPSA) is 279 Å². The van der Waals surface area contributed by atoms with E-state index in [1.165, 1.54) is 87.7 Å². The van der Waals surface area contributed by atoms with E-state index < -0.39 is 162 Å². The predicted molar refractivity (Wildman–Crippen MR) is 328 cm³/mol. The molecule has 0 bridgehead atoms. The van der Waals surface area contributed by atoms with E-state index in [1.54, 1.807) is 61.5 Å². The van der Waals surface area contributed by atoms with E-state index in [-0.39, 0.29) is 43.4 Å². The number of likely N-dealkylation sites (N-methyl/N-ethyl adjacent to an activating group) is 7. The van der Waals surface area contributed by atoms with Crippen molar-refractivity contribution in [1.82, 2.24) is 55.6 Å². The number of hydrogen-bond donors (Lipinski definition) is 5. The molecule has 1 heterocycles. The smallest absolute Gasteiger partial charge is 0.246 e. The van der Waals surface area contributed by atoms with Crippen molar-refractivity contribution >= 4 is 65.0 Å². The zero-order valence-electron chi connectivity index (χ0n) is 56.1. The maximum atomic E-state index is 15.1. The highest BCUT2D eigenvalue weighted by molar-refractivity contribution is 5.99. The molecular formula is C62H111N11O12. The predicted octanol–water partition coefficient (Wildman–Crippen LogP) is 3.27. The zero-order valence-corrected chi connectivity index (χ0v) is 56.1. The van der Waals surface area contributed by atoms with Crippen molar-refractivity contribution in [3.05, 3.63) is 12.2 Å². The largest absolute Gasteiger partial charge is 0.390 e. The molecule has 0 spiro atoms. The number of aliphatic hydroxyl groups excluding tert-OH is 1. The lowest BCUT2D eigenvalue weighted by Crippen LogP contribution is -2.63. The molecule has 85 heavy (non-hydrogen) atoms. The van der Waals surface area contributed by atoms with Crippen molar-refractivity contribution in [3.8, 4) is 0 Å². The monoisotopic (exact) mass is 1200 g/mol. The second kappa shape index (κ2) is 34.9. The number of allylic oxidation sites excluding steroid dienone is 2. The van der Waals surface area contributed by atoms with E-state index in [9.17, 15) is 48.3 Å². The third kappa shape index (κ3) is 21.1. The number of aliphatic hydroxyl groups is 1. The lowest BCUT2D eigenvalue weighted by molar-refractivity contribution is -0.157. The molecule has 486 valence electrons. The SMILES string of the molecule is C/C=C/CC(C)C(O)C1C(=O)NC(CC)C(=O)N(C)CC(=O)N(C)C(C(C)CC)C(=O)NC(C(C)C)C(=O)N(C)C(CC(C)C)C(=O)NC(C)C(=O)NC(C)C(=O)N(C)C(CC(C)C)C(=O)N(C)C(CC(C)C)C(=O)N(C)C(C(C)C)C(=O)N1C. The van der Waals surface area contributed by atoms with Gasteiger partial charge in [0.2, 0.25) is 65.0 Å². The number of amides is 11. The van der Waals surface area contributed by atoms with E-state index in [0.717, 1.165) is 9.80 Å². The van der Waals surface area contributed by atoms with E-state index in [1.807, 2.05) is 54.5 Å². The molecule has 0 aromatic heterocycles. The van der Waals surface area contributed by atoms with E-state index >= 15 is 9.59 Å². The summed E-state index contributed by atoms with van der Waals surface area (Å²) in [5.74, 6) is -10.0. The summed E-state index contributed by atoms with van der Waals surface area (Å²) in [4.78, 5) is 169. The molecular weight excluding hydrogens is 1090 g/mol. The molecule has 1 saturated heterocycles. The van der Waals surface area contributed by atoms with Gasteiger partial charge in [0, 0.05) is 49.3 Å². The summed E-state index contributed by atoms with van der Waals surface area (Å²) in [5, 5.41) is 23.1. The van der Waals surface area contributed by atoms with Crippen LogP contribution in [0, 0.1) is 41.4 Å². The fourth-order valence-electron chi connectivity index (χ4n) is 10.8. The lowest BCUT2D eigenvalue weighted by Gasteiger charge is -2.41. The Hall–Kier alpha value is -6.13. The van der Waals surface area contributed by atoms with E-state index in [0.29, 0.717) is 12.8 Å². The molecule has 0 saturated carbocycles. The fraction of sp³-hybridized carbons (Fsp3) is 0.790. The van der Waals surface area contributed by atoms with Gasteiger partial charge in [0.15, 0.2) is 0 Å². The number of carbonyl (C=O) groups is 11. The van der Waals surface area contributed by atoms with Gasteiger partial charge >= 0.3 is 0 Å². The van der Waals surface area contributed by atoms with Crippen LogP contribution in [-0.4, -0.2) is 227 Å². The molecule has 0 aromatic carbocycles. The van der Waals surface area contributed by atoms with Gasteiger partial charge < -0.3 is 60.7 Å². The molecule has 13 unspecified atom stereocenters. The van der Waals surface area contributed by atoms with Gasteiger partial charge in [0.25, 0.3) is 0 Å². The molecule has 0 radical (unpaired) electrons. The Bertz CT molecular complexity index is 2330.